The molecule has 2 N–H and O–H groups in total. The number of piperidine rings is 1. The maximum absolute atomic E-state index is 13.1. The second-order valence-electron chi connectivity index (χ2n) is 6.30. The number of fused-ring (bicyclic) bond motifs is 1. The highest BCUT2D eigenvalue weighted by molar-refractivity contribution is 5.81. The number of benzene rings is 1. The number of halogens is 1. The Labute approximate surface area is 125 Å². The number of nitrogens with one attached hydrogen (secondary N) is 2. The molecule has 1 aliphatic carbocycles. The molecule has 0 bridgehead atoms. The van der Waals surface area contributed by atoms with Crippen LogP contribution >= 0.6 is 0 Å². The number of hydrogen-bond donors (Lipinski definition) is 2. The van der Waals surface area contributed by atoms with Gasteiger partial charge in [-0.15, -0.1) is 0 Å². The van der Waals surface area contributed by atoms with Crippen LogP contribution in [0, 0.1) is 11.7 Å². The van der Waals surface area contributed by atoms with Crippen molar-refractivity contribution < 1.29 is 9.18 Å². The molecular weight excluding hydrogens is 267 g/mol. The Balaban J connectivity index is 1.51. The van der Waals surface area contributed by atoms with Crippen molar-refractivity contribution in [2.75, 3.05) is 0 Å². The van der Waals surface area contributed by atoms with Gasteiger partial charge in [-0.05, 0) is 49.3 Å². The topological polar surface area (TPSA) is 41.1 Å². The maximum atomic E-state index is 13.1. The van der Waals surface area contributed by atoms with Gasteiger partial charge < -0.3 is 10.6 Å². The zero-order valence-corrected chi connectivity index (χ0v) is 12.3. The van der Waals surface area contributed by atoms with Crippen molar-refractivity contribution in [1.82, 2.24) is 10.6 Å². The van der Waals surface area contributed by atoms with Crippen LogP contribution in [-0.4, -0.2) is 18.0 Å². The molecule has 2 aliphatic rings. The van der Waals surface area contributed by atoms with Crippen LogP contribution in [0.25, 0.3) is 0 Å². The quantitative estimate of drug-likeness (QED) is 0.898. The van der Waals surface area contributed by atoms with Crippen molar-refractivity contribution in [2.24, 2.45) is 5.92 Å². The highest BCUT2D eigenvalue weighted by atomic mass is 19.1. The third-order valence-corrected chi connectivity index (χ3v) is 4.82. The minimum atomic E-state index is -0.261. The highest BCUT2D eigenvalue weighted by Gasteiger charge is 2.34. The lowest BCUT2D eigenvalue weighted by molar-refractivity contribution is -0.124. The molecule has 21 heavy (non-hydrogen) atoms. The van der Waals surface area contributed by atoms with Crippen molar-refractivity contribution in [1.29, 1.82) is 0 Å². The van der Waals surface area contributed by atoms with Crippen molar-refractivity contribution in [2.45, 2.75) is 57.2 Å². The fourth-order valence-electron chi connectivity index (χ4n) is 3.66. The zero-order chi connectivity index (χ0) is 14.7. The van der Waals surface area contributed by atoms with Gasteiger partial charge in [-0.3, -0.25) is 4.79 Å². The highest BCUT2D eigenvalue weighted by Crippen LogP contribution is 2.32. The second-order valence-corrected chi connectivity index (χ2v) is 6.30. The van der Waals surface area contributed by atoms with Gasteiger partial charge in [0.2, 0.25) is 5.91 Å². The first-order chi connectivity index (χ1) is 10.2. The lowest BCUT2D eigenvalue weighted by atomic mass is 9.77. The van der Waals surface area contributed by atoms with Gasteiger partial charge in [-0.1, -0.05) is 25.0 Å². The molecule has 4 heteroatoms. The molecule has 3 atom stereocenters. The summed E-state index contributed by atoms with van der Waals surface area (Å²) in [6, 6.07) is 6.80. The smallest absolute Gasteiger partial charge is 0.237 e. The van der Waals surface area contributed by atoms with Gasteiger partial charge in [-0.25, -0.2) is 4.39 Å². The van der Waals surface area contributed by atoms with E-state index in [4.69, 9.17) is 0 Å². The Morgan fingerprint density at radius 3 is 2.95 bits per heavy atom. The lowest BCUT2D eigenvalue weighted by Crippen LogP contribution is -2.54. The molecule has 1 saturated carbocycles. The summed E-state index contributed by atoms with van der Waals surface area (Å²) in [6.07, 6.45) is 7.16. The number of carbonyl (C=O) groups excluding carboxylic acids is 1. The SMILES string of the molecule is O=C(NCc1cccc(F)c1)C1CCC2CCCCC2N1. The third-order valence-electron chi connectivity index (χ3n) is 4.82. The van der Waals surface area contributed by atoms with Crippen LogP contribution in [0.4, 0.5) is 4.39 Å². The molecule has 114 valence electrons. The largest absolute Gasteiger partial charge is 0.351 e. The predicted molar refractivity (Wildman–Crippen MR) is 80.2 cm³/mol. The molecule has 0 radical (unpaired) electrons. The Morgan fingerprint density at radius 2 is 2.10 bits per heavy atom. The number of carbonyl (C=O) groups is 1. The minimum Gasteiger partial charge on any atom is -0.351 e. The number of rotatable bonds is 3. The van der Waals surface area contributed by atoms with Crippen LogP contribution in [-0.2, 0) is 11.3 Å². The standard InChI is InChI=1S/C17H23FN2O/c18-14-6-3-4-12(10-14)11-19-17(21)16-9-8-13-5-1-2-7-15(13)20-16/h3-4,6,10,13,15-16,20H,1-2,5,7-9,11H2,(H,19,21). The molecule has 1 amide bonds. The van der Waals surface area contributed by atoms with E-state index in [1.54, 1.807) is 6.07 Å². The van der Waals surface area contributed by atoms with Crippen LogP contribution in [0.3, 0.4) is 0 Å². The van der Waals surface area contributed by atoms with Gasteiger partial charge in [0.1, 0.15) is 5.82 Å². The van der Waals surface area contributed by atoms with Crippen molar-refractivity contribution >= 4 is 5.91 Å². The molecule has 1 aromatic rings. The fraction of sp³-hybridized carbons (Fsp3) is 0.588. The number of hydrogen-bond acceptors (Lipinski definition) is 2. The third kappa shape index (κ3) is 3.62. The first kappa shape index (κ1) is 14.5. The van der Waals surface area contributed by atoms with Gasteiger partial charge in [0.15, 0.2) is 0 Å². The van der Waals surface area contributed by atoms with E-state index in [1.165, 1.54) is 37.8 Å². The van der Waals surface area contributed by atoms with E-state index in [0.717, 1.165) is 24.3 Å². The van der Waals surface area contributed by atoms with Gasteiger partial charge in [0.05, 0.1) is 6.04 Å². The fourth-order valence-corrected chi connectivity index (χ4v) is 3.66. The van der Waals surface area contributed by atoms with Crippen LogP contribution < -0.4 is 10.6 Å². The molecule has 0 aromatic heterocycles. The van der Waals surface area contributed by atoms with E-state index in [1.807, 2.05) is 6.07 Å². The van der Waals surface area contributed by atoms with Gasteiger partial charge in [0, 0.05) is 12.6 Å². The second kappa shape index (κ2) is 6.56. The van der Waals surface area contributed by atoms with Crippen LogP contribution in [0.2, 0.25) is 0 Å². The summed E-state index contributed by atoms with van der Waals surface area (Å²) in [7, 11) is 0. The Bertz CT molecular complexity index is 505. The average Bonchev–Trinajstić information content (AvgIpc) is 2.52. The van der Waals surface area contributed by atoms with Crippen molar-refractivity contribution in [3.63, 3.8) is 0 Å². The average molecular weight is 290 g/mol. The first-order valence-electron chi connectivity index (χ1n) is 8.00. The molecule has 3 unspecified atom stereocenters. The first-order valence-corrected chi connectivity index (χ1v) is 8.00. The molecule has 1 saturated heterocycles. The van der Waals surface area contributed by atoms with Gasteiger partial charge in [0.25, 0.3) is 0 Å². The Kier molecular flexibility index (Phi) is 4.54. The summed E-state index contributed by atoms with van der Waals surface area (Å²) in [5.41, 5.74) is 0.801. The lowest BCUT2D eigenvalue weighted by Gasteiger charge is -2.39. The summed E-state index contributed by atoms with van der Waals surface area (Å²) in [6.45, 7) is 0.392. The van der Waals surface area contributed by atoms with E-state index < -0.39 is 0 Å². The van der Waals surface area contributed by atoms with Crippen LogP contribution in [0.15, 0.2) is 24.3 Å². The summed E-state index contributed by atoms with van der Waals surface area (Å²) >= 11 is 0. The summed E-state index contributed by atoms with van der Waals surface area (Å²) < 4.78 is 13.1. The normalized spacial score (nSPS) is 28.7. The monoisotopic (exact) mass is 290 g/mol. The van der Waals surface area contributed by atoms with Crippen molar-refractivity contribution in [3.05, 3.63) is 35.6 Å². The maximum Gasteiger partial charge on any atom is 0.237 e. The van der Waals surface area contributed by atoms with Crippen molar-refractivity contribution in [3.8, 4) is 0 Å². The molecule has 2 fully saturated rings. The molecule has 1 aliphatic heterocycles. The number of amides is 1. The predicted octanol–water partition coefficient (Wildman–Crippen LogP) is 2.75. The molecule has 3 nitrogen and oxygen atoms in total. The summed E-state index contributed by atoms with van der Waals surface area (Å²) in [4.78, 5) is 12.3. The molecule has 1 aromatic carbocycles. The van der Waals surface area contributed by atoms with E-state index in [0.29, 0.717) is 12.6 Å². The van der Waals surface area contributed by atoms with E-state index in [-0.39, 0.29) is 17.8 Å². The zero-order valence-electron chi connectivity index (χ0n) is 12.3. The van der Waals surface area contributed by atoms with Gasteiger partial charge in [-0.2, -0.15) is 0 Å². The molecule has 3 rings (SSSR count). The van der Waals surface area contributed by atoms with Crippen LogP contribution in [0.1, 0.15) is 44.1 Å². The van der Waals surface area contributed by atoms with E-state index >= 15 is 0 Å². The van der Waals surface area contributed by atoms with Gasteiger partial charge >= 0.3 is 0 Å². The van der Waals surface area contributed by atoms with E-state index in [2.05, 4.69) is 10.6 Å². The minimum absolute atomic E-state index is 0.0447. The molecule has 0 spiro atoms. The Hall–Kier alpha value is -1.42. The Morgan fingerprint density at radius 1 is 1.24 bits per heavy atom. The summed E-state index contributed by atoms with van der Waals surface area (Å²) in [5, 5.41) is 6.44. The van der Waals surface area contributed by atoms with E-state index in [9.17, 15) is 9.18 Å². The molecule has 1 heterocycles. The molecular formula is C17H23FN2O. The summed E-state index contributed by atoms with van der Waals surface area (Å²) in [5.74, 6) is 0.539. The van der Waals surface area contributed by atoms with Crippen LogP contribution in [0.5, 0.6) is 0 Å².